The zero-order valence-electron chi connectivity index (χ0n) is 12.9. The highest BCUT2D eigenvalue weighted by molar-refractivity contribution is 5.33. The Morgan fingerprint density at radius 3 is 2.65 bits per heavy atom. The fourth-order valence-electron chi connectivity index (χ4n) is 3.33. The number of benzene rings is 1. The summed E-state index contributed by atoms with van der Waals surface area (Å²) in [6.45, 7) is 12.7. The Balaban J connectivity index is 1.59. The molecule has 1 fully saturated rings. The third-order valence-electron chi connectivity index (χ3n) is 4.70. The van der Waals surface area contributed by atoms with Crippen LogP contribution in [0.15, 0.2) is 18.2 Å². The summed E-state index contributed by atoms with van der Waals surface area (Å²) in [5.74, 6) is 0. The largest absolute Gasteiger partial charge is 0.312 e. The molecule has 1 aromatic rings. The van der Waals surface area contributed by atoms with Crippen LogP contribution in [0.2, 0.25) is 0 Å². The minimum Gasteiger partial charge on any atom is -0.312 e. The van der Waals surface area contributed by atoms with Crippen molar-refractivity contribution in [2.24, 2.45) is 0 Å². The predicted octanol–water partition coefficient (Wildman–Crippen LogP) is 1.86. The van der Waals surface area contributed by atoms with E-state index in [0.29, 0.717) is 6.04 Å². The van der Waals surface area contributed by atoms with Crippen LogP contribution in [-0.2, 0) is 19.5 Å². The van der Waals surface area contributed by atoms with Gasteiger partial charge >= 0.3 is 0 Å². The van der Waals surface area contributed by atoms with Gasteiger partial charge in [-0.05, 0) is 43.5 Å². The second kappa shape index (κ2) is 6.25. The van der Waals surface area contributed by atoms with E-state index >= 15 is 0 Å². The molecule has 1 aromatic carbocycles. The molecule has 1 N–H and O–H groups in total. The Bertz CT molecular complexity index is 448. The standard InChI is InChI=1S/C17H27N3/c1-14(2)20-9-7-19(8-10-20)13-15-3-4-16-5-6-18-12-17(16)11-15/h3-4,11,14,18H,5-10,12-13H2,1-2H3. The molecule has 0 amide bonds. The monoisotopic (exact) mass is 273 g/mol. The minimum absolute atomic E-state index is 0.687. The summed E-state index contributed by atoms with van der Waals surface area (Å²) in [6.07, 6.45) is 1.18. The average molecular weight is 273 g/mol. The van der Waals surface area contributed by atoms with Crippen molar-refractivity contribution in [3.8, 4) is 0 Å². The fourth-order valence-corrected chi connectivity index (χ4v) is 3.33. The van der Waals surface area contributed by atoms with E-state index in [1.54, 1.807) is 0 Å². The van der Waals surface area contributed by atoms with Crippen molar-refractivity contribution in [3.63, 3.8) is 0 Å². The van der Waals surface area contributed by atoms with Crippen LogP contribution < -0.4 is 5.32 Å². The number of nitrogens with one attached hydrogen (secondary N) is 1. The molecular formula is C17H27N3. The number of fused-ring (bicyclic) bond motifs is 1. The van der Waals surface area contributed by atoms with Crippen LogP contribution in [-0.4, -0.2) is 48.6 Å². The smallest absolute Gasteiger partial charge is 0.0234 e. The number of hydrogen-bond donors (Lipinski definition) is 1. The van der Waals surface area contributed by atoms with Gasteiger partial charge in [-0.25, -0.2) is 0 Å². The lowest BCUT2D eigenvalue weighted by molar-refractivity contribution is 0.104. The van der Waals surface area contributed by atoms with Gasteiger partial charge in [0.2, 0.25) is 0 Å². The van der Waals surface area contributed by atoms with Crippen molar-refractivity contribution in [2.75, 3.05) is 32.7 Å². The second-order valence-electron chi connectivity index (χ2n) is 6.44. The van der Waals surface area contributed by atoms with Gasteiger partial charge in [0.05, 0.1) is 0 Å². The lowest BCUT2D eigenvalue weighted by atomic mass is 9.98. The fraction of sp³-hybridized carbons (Fsp3) is 0.647. The summed E-state index contributed by atoms with van der Waals surface area (Å²) in [6, 6.07) is 7.78. The molecule has 0 unspecified atom stereocenters. The van der Waals surface area contributed by atoms with Crippen molar-refractivity contribution in [1.29, 1.82) is 0 Å². The van der Waals surface area contributed by atoms with Gasteiger partial charge in [-0.1, -0.05) is 18.2 Å². The average Bonchev–Trinajstić information content (AvgIpc) is 2.48. The molecule has 0 atom stereocenters. The van der Waals surface area contributed by atoms with Gasteiger partial charge in [0, 0.05) is 45.3 Å². The van der Waals surface area contributed by atoms with Crippen molar-refractivity contribution in [3.05, 3.63) is 34.9 Å². The molecule has 0 bridgehead atoms. The molecule has 110 valence electrons. The van der Waals surface area contributed by atoms with E-state index < -0.39 is 0 Å². The third-order valence-corrected chi connectivity index (χ3v) is 4.70. The van der Waals surface area contributed by atoms with E-state index in [1.165, 1.54) is 49.3 Å². The molecule has 2 aliphatic heterocycles. The maximum atomic E-state index is 3.47. The molecule has 1 saturated heterocycles. The van der Waals surface area contributed by atoms with Crippen LogP contribution in [0.3, 0.4) is 0 Å². The Hall–Kier alpha value is -0.900. The molecule has 0 aliphatic carbocycles. The van der Waals surface area contributed by atoms with Crippen LogP contribution in [0.4, 0.5) is 0 Å². The van der Waals surface area contributed by atoms with Crippen LogP contribution >= 0.6 is 0 Å². The van der Waals surface area contributed by atoms with E-state index in [-0.39, 0.29) is 0 Å². The van der Waals surface area contributed by atoms with E-state index in [4.69, 9.17) is 0 Å². The Morgan fingerprint density at radius 2 is 1.90 bits per heavy atom. The highest BCUT2D eigenvalue weighted by Gasteiger charge is 2.19. The number of piperazine rings is 1. The summed E-state index contributed by atoms with van der Waals surface area (Å²) in [5.41, 5.74) is 4.53. The molecule has 2 aliphatic rings. The van der Waals surface area contributed by atoms with Crippen LogP contribution in [0.1, 0.15) is 30.5 Å². The van der Waals surface area contributed by atoms with Gasteiger partial charge in [0.15, 0.2) is 0 Å². The van der Waals surface area contributed by atoms with Gasteiger partial charge in [-0.2, -0.15) is 0 Å². The Labute approximate surface area is 123 Å². The summed E-state index contributed by atoms with van der Waals surface area (Å²) in [4.78, 5) is 5.17. The van der Waals surface area contributed by atoms with Gasteiger partial charge < -0.3 is 5.32 Å². The number of rotatable bonds is 3. The SMILES string of the molecule is CC(C)N1CCN(Cc2ccc3c(c2)CNCC3)CC1. The van der Waals surface area contributed by atoms with Crippen LogP contribution in [0.5, 0.6) is 0 Å². The Kier molecular flexibility index (Phi) is 4.39. The summed E-state index contributed by atoms with van der Waals surface area (Å²) in [5, 5.41) is 3.47. The first-order chi connectivity index (χ1) is 9.72. The van der Waals surface area contributed by atoms with E-state index in [2.05, 4.69) is 47.2 Å². The van der Waals surface area contributed by atoms with Crippen molar-refractivity contribution < 1.29 is 0 Å². The van der Waals surface area contributed by atoms with Gasteiger partial charge in [-0.15, -0.1) is 0 Å². The quantitative estimate of drug-likeness (QED) is 0.907. The highest BCUT2D eigenvalue weighted by Crippen LogP contribution is 2.18. The molecule has 0 radical (unpaired) electrons. The van der Waals surface area contributed by atoms with E-state index in [9.17, 15) is 0 Å². The number of nitrogens with zero attached hydrogens (tertiary/aromatic N) is 2. The van der Waals surface area contributed by atoms with E-state index in [0.717, 1.165) is 19.6 Å². The predicted molar refractivity (Wildman–Crippen MR) is 83.8 cm³/mol. The zero-order valence-corrected chi connectivity index (χ0v) is 12.9. The molecule has 3 heteroatoms. The first-order valence-electron chi connectivity index (χ1n) is 8.00. The summed E-state index contributed by atoms with van der Waals surface area (Å²) >= 11 is 0. The van der Waals surface area contributed by atoms with Crippen LogP contribution in [0, 0.1) is 0 Å². The summed E-state index contributed by atoms with van der Waals surface area (Å²) in [7, 11) is 0. The Morgan fingerprint density at radius 1 is 1.10 bits per heavy atom. The molecule has 0 spiro atoms. The number of hydrogen-bond acceptors (Lipinski definition) is 3. The third kappa shape index (κ3) is 3.22. The lowest BCUT2D eigenvalue weighted by Gasteiger charge is -2.37. The molecule has 3 nitrogen and oxygen atoms in total. The lowest BCUT2D eigenvalue weighted by Crippen LogP contribution is -2.48. The molecule has 20 heavy (non-hydrogen) atoms. The molecule has 0 aromatic heterocycles. The van der Waals surface area contributed by atoms with E-state index in [1.807, 2.05) is 0 Å². The first-order valence-corrected chi connectivity index (χ1v) is 8.00. The molecule has 2 heterocycles. The minimum atomic E-state index is 0.687. The van der Waals surface area contributed by atoms with Crippen molar-refractivity contribution in [2.45, 2.75) is 39.4 Å². The maximum Gasteiger partial charge on any atom is 0.0234 e. The maximum absolute atomic E-state index is 3.47. The second-order valence-corrected chi connectivity index (χ2v) is 6.44. The topological polar surface area (TPSA) is 18.5 Å². The molecular weight excluding hydrogens is 246 g/mol. The highest BCUT2D eigenvalue weighted by atomic mass is 15.3. The van der Waals surface area contributed by atoms with Crippen LogP contribution in [0.25, 0.3) is 0 Å². The van der Waals surface area contributed by atoms with Gasteiger partial charge in [-0.3, -0.25) is 9.80 Å². The first kappa shape index (κ1) is 14.1. The normalized spacial score (nSPS) is 21.1. The van der Waals surface area contributed by atoms with Gasteiger partial charge in [0.1, 0.15) is 0 Å². The zero-order chi connectivity index (χ0) is 13.9. The molecule has 3 rings (SSSR count). The molecule has 0 saturated carbocycles. The summed E-state index contributed by atoms with van der Waals surface area (Å²) < 4.78 is 0. The van der Waals surface area contributed by atoms with Gasteiger partial charge in [0.25, 0.3) is 0 Å². The van der Waals surface area contributed by atoms with Crippen molar-refractivity contribution >= 4 is 0 Å². The van der Waals surface area contributed by atoms with Crippen molar-refractivity contribution in [1.82, 2.24) is 15.1 Å².